The van der Waals surface area contributed by atoms with Crippen LogP contribution in [0.1, 0.15) is 43.2 Å². The Hall–Kier alpha value is -2.04. The number of benzene rings is 1. The highest BCUT2D eigenvalue weighted by molar-refractivity contribution is 5.80. The lowest BCUT2D eigenvalue weighted by Crippen LogP contribution is -2.47. The van der Waals surface area contributed by atoms with Crippen molar-refractivity contribution < 1.29 is 14.3 Å². The van der Waals surface area contributed by atoms with Crippen LogP contribution in [-0.4, -0.2) is 24.5 Å². The van der Waals surface area contributed by atoms with Gasteiger partial charge in [-0.3, -0.25) is 9.59 Å². The topological polar surface area (TPSA) is 81.4 Å². The number of aryl methyl sites for hydroxylation is 2. The second kappa shape index (κ2) is 7.99. The molecule has 23 heavy (non-hydrogen) atoms. The molecule has 2 unspecified atom stereocenters. The number of hydrogen-bond donors (Lipinski definition) is 2. The molecule has 1 fully saturated rings. The molecular formula is C18H26N2O3. The summed E-state index contributed by atoms with van der Waals surface area (Å²) >= 11 is 0. The summed E-state index contributed by atoms with van der Waals surface area (Å²) in [6, 6.07) is 5.75. The van der Waals surface area contributed by atoms with Gasteiger partial charge >= 0.3 is 0 Å². The van der Waals surface area contributed by atoms with Crippen LogP contribution in [-0.2, 0) is 9.59 Å². The average Bonchev–Trinajstić information content (AvgIpc) is 2.51. The first-order valence-electron chi connectivity index (χ1n) is 8.26. The first kappa shape index (κ1) is 17.3. The van der Waals surface area contributed by atoms with E-state index in [0.717, 1.165) is 31.4 Å². The minimum Gasteiger partial charge on any atom is -0.493 e. The van der Waals surface area contributed by atoms with Gasteiger partial charge in [-0.1, -0.05) is 18.9 Å². The average molecular weight is 318 g/mol. The molecule has 0 heterocycles. The monoisotopic (exact) mass is 318 g/mol. The van der Waals surface area contributed by atoms with Crippen LogP contribution in [0.5, 0.6) is 5.75 Å². The lowest BCUT2D eigenvalue weighted by Gasteiger charge is -2.29. The van der Waals surface area contributed by atoms with Gasteiger partial charge < -0.3 is 15.8 Å². The number of rotatable bonds is 6. The molecule has 2 amide bonds. The quantitative estimate of drug-likeness (QED) is 0.844. The summed E-state index contributed by atoms with van der Waals surface area (Å²) in [6.07, 6.45) is 3.87. The predicted molar refractivity (Wildman–Crippen MR) is 89.1 cm³/mol. The summed E-state index contributed by atoms with van der Waals surface area (Å²) in [5.41, 5.74) is 7.80. The van der Waals surface area contributed by atoms with Crippen molar-refractivity contribution >= 4 is 11.8 Å². The van der Waals surface area contributed by atoms with E-state index >= 15 is 0 Å². The molecule has 1 aliphatic carbocycles. The standard InChI is InChI=1S/C18H26N2O3/c1-12-7-8-14(11-13(12)2)23-10-9-17(21)20-16-6-4-3-5-15(16)18(19)22/h7-8,11,15-16H,3-6,9-10H2,1-2H3,(H2,19,22)(H,20,21). The summed E-state index contributed by atoms with van der Waals surface area (Å²) in [4.78, 5) is 23.5. The van der Waals surface area contributed by atoms with Gasteiger partial charge in [0.05, 0.1) is 18.9 Å². The molecule has 126 valence electrons. The molecule has 1 aromatic rings. The number of primary amides is 1. The lowest BCUT2D eigenvalue weighted by atomic mass is 9.84. The van der Waals surface area contributed by atoms with E-state index in [1.165, 1.54) is 11.1 Å². The Kier molecular flexibility index (Phi) is 6.02. The van der Waals surface area contributed by atoms with E-state index in [-0.39, 0.29) is 30.2 Å². The Morgan fingerprint density at radius 1 is 1.22 bits per heavy atom. The Balaban J connectivity index is 1.78. The van der Waals surface area contributed by atoms with Crippen molar-refractivity contribution in [1.82, 2.24) is 5.32 Å². The maximum atomic E-state index is 12.0. The number of carbonyl (C=O) groups excluding carboxylic acids is 2. The molecule has 0 spiro atoms. The van der Waals surface area contributed by atoms with Gasteiger partial charge in [-0.05, 0) is 49.9 Å². The van der Waals surface area contributed by atoms with Crippen molar-refractivity contribution in [3.63, 3.8) is 0 Å². The maximum absolute atomic E-state index is 12.0. The van der Waals surface area contributed by atoms with Crippen LogP contribution in [0.3, 0.4) is 0 Å². The molecule has 2 atom stereocenters. The third kappa shape index (κ3) is 4.98. The van der Waals surface area contributed by atoms with Crippen molar-refractivity contribution in [3.8, 4) is 5.75 Å². The summed E-state index contributed by atoms with van der Waals surface area (Å²) in [5, 5.41) is 2.94. The van der Waals surface area contributed by atoms with E-state index in [0.29, 0.717) is 6.61 Å². The van der Waals surface area contributed by atoms with Crippen LogP contribution in [0.4, 0.5) is 0 Å². The van der Waals surface area contributed by atoms with Gasteiger partial charge in [-0.2, -0.15) is 0 Å². The van der Waals surface area contributed by atoms with Gasteiger partial charge in [-0.25, -0.2) is 0 Å². The number of nitrogens with two attached hydrogens (primary N) is 1. The van der Waals surface area contributed by atoms with E-state index in [2.05, 4.69) is 5.32 Å². The van der Waals surface area contributed by atoms with Crippen molar-refractivity contribution in [2.24, 2.45) is 11.7 Å². The third-order valence-corrected chi connectivity index (χ3v) is 4.55. The molecule has 0 aromatic heterocycles. The second-order valence-corrected chi connectivity index (χ2v) is 6.31. The zero-order valence-corrected chi connectivity index (χ0v) is 13.9. The summed E-state index contributed by atoms with van der Waals surface area (Å²) in [7, 11) is 0. The third-order valence-electron chi connectivity index (χ3n) is 4.55. The fourth-order valence-corrected chi connectivity index (χ4v) is 2.99. The highest BCUT2D eigenvalue weighted by Crippen LogP contribution is 2.24. The van der Waals surface area contributed by atoms with E-state index < -0.39 is 0 Å². The lowest BCUT2D eigenvalue weighted by molar-refractivity contribution is -0.126. The summed E-state index contributed by atoms with van der Waals surface area (Å²) < 4.78 is 5.62. The fourth-order valence-electron chi connectivity index (χ4n) is 2.99. The number of carbonyl (C=O) groups is 2. The van der Waals surface area contributed by atoms with Crippen molar-refractivity contribution in [2.75, 3.05) is 6.61 Å². The second-order valence-electron chi connectivity index (χ2n) is 6.31. The van der Waals surface area contributed by atoms with Crippen LogP contribution in [0.25, 0.3) is 0 Å². The van der Waals surface area contributed by atoms with Crippen LogP contribution < -0.4 is 15.8 Å². The molecule has 0 aliphatic heterocycles. The fraction of sp³-hybridized carbons (Fsp3) is 0.556. The van der Waals surface area contributed by atoms with Gasteiger partial charge in [-0.15, -0.1) is 0 Å². The number of hydrogen-bond acceptors (Lipinski definition) is 3. The van der Waals surface area contributed by atoms with Gasteiger partial charge in [0.1, 0.15) is 5.75 Å². The first-order chi connectivity index (χ1) is 11.0. The summed E-state index contributed by atoms with van der Waals surface area (Å²) in [6.45, 7) is 4.40. The molecule has 1 aromatic carbocycles. The normalized spacial score (nSPS) is 20.8. The van der Waals surface area contributed by atoms with Crippen LogP contribution in [0.15, 0.2) is 18.2 Å². The van der Waals surface area contributed by atoms with Crippen molar-refractivity contribution in [3.05, 3.63) is 29.3 Å². The molecule has 5 heteroatoms. The first-order valence-corrected chi connectivity index (χ1v) is 8.26. The minimum absolute atomic E-state index is 0.0908. The Morgan fingerprint density at radius 3 is 2.65 bits per heavy atom. The van der Waals surface area contributed by atoms with Gasteiger partial charge in [0.2, 0.25) is 11.8 Å². The maximum Gasteiger partial charge on any atom is 0.223 e. The molecule has 0 saturated heterocycles. The molecule has 2 rings (SSSR count). The van der Waals surface area contributed by atoms with E-state index in [1.54, 1.807) is 0 Å². The molecule has 1 saturated carbocycles. The van der Waals surface area contributed by atoms with Crippen molar-refractivity contribution in [1.29, 1.82) is 0 Å². The van der Waals surface area contributed by atoms with E-state index in [4.69, 9.17) is 10.5 Å². The molecule has 0 radical (unpaired) electrons. The largest absolute Gasteiger partial charge is 0.493 e. The van der Waals surface area contributed by atoms with Gasteiger partial charge in [0.15, 0.2) is 0 Å². The molecular weight excluding hydrogens is 292 g/mol. The zero-order chi connectivity index (χ0) is 16.8. The molecule has 5 nitrogen and oxygen atoms in total. The molecule has 3 N–H and O–H groups in total. The molecule has 1 aliphatic rings. The predicted octanol–water partition coefficient (Wildman–Crippen LogP) is 2.23. The Bertz CT molecular complexity index is 571. The number of ether oxygens (including phenoxy) is 1. The smallest absolute Gasteiger partial charge is 0.223 e. The highest BCUT2D eigenvalue weighted by Gasteiger charge is 2.30. The Labute approximate surface area is 137 Å². The highest BCUT2D eigenvalue weighted by atomic mass is 16.5. The van der Waals surface area contributed by atoms with Gasteiger partial charge in [0.25, 0.3) is 0 Å². The summed E-state index contributed by atoms with van der Waals surface area (Å²) in [5.74, 6) is 0.121. The molecule has 0 bridgehead atoms. The minimum atomic E-state index is -0.318. The Morgan fingerprint density at radius 2 is 1.96 bits per heavy atom. The van der Waals surface area contributed by atoms with Crippen molar-refractivity contribution in [2.45, 2.75) is 52.0 Å². The number of amides is 2. The van der Waals surface area contributed by atoms with Crippen LogP contribution >= 0.6 is 0 Å². The van der Waals surface area contributed by atoms with E-state index in [9.17, 15) is 9.59 Å². The SMILES string of the molecule is Cc1ccc(OCCC(=O)NC2CCCCC2C(N)=O)cc1C. The van der Waals surface area contributed by atoms with E-state index in [1.807, 2.05) is 32.0 Å². The van der Waals surface area contributed by atoms with Crippen LogP contribution in [0.2, 0.25) is 0 Å². The zero-order valence-electron chi connectivity index (χ0n) is 13.9. The van der Waals surface area contributed by atoms with Crippen LogP contribution in [0, 0.1) is 19.8 Å². The van der Waals surface area contributed by atoms with Gasteiger partial charge in [0, 0.05) is 6.04 Å². The number of nitrogens with one attached hydrogen (secondary N) is 1.